The van der Waals surface area contributed by atoms with Crippen molar-refractivity contribution >= 4 is 22.4 Å². The van der Waals surface area contributed by atoms with Crippen LogP contribution in [0.3, 0.4) is 0 Å². The van der Waals surface area contributed by atoms with Gasteiger partial charge in [-0.3, -0.25) is 4.99 Å². The zero-order chi connectivity index (χ0) is 22.9. The standard InChI is InChI=1S/C27H55NSi2/c1-9-29(10-2,26(5)6)24-20-18-16-14-13-15-17-19-22-28-23-21-25-30(11-3,12-4)27(7)8/h23H,5,7,9-22,24-25H2,1-4,6,8H3. The second-order valence-corrected chi connectivity index (χ2v) is 20.4. The highest BCUT2D eigenvalue weighted by molar-refractivity contribution is 6.86. The minimum atomic E-state index is -1.23. The van der Waals surface area contributed by atoms with E-state index >= 15 is 0 Å². The molecule has 0 fully saturated rings. The fourth-order valence-corrected chi connectivity index (χ4v) is 12.4. The van der Waals surface area contributed by atoms with E-state index in [1.165, 1.54) is 98.0 Å². The van der Waals surface area contributed by atoms with E-state index in [1.807, 2.05) is 0 Å². The van der Waals surface area contributed by atoms with Crippen LogP contribution in [-0.2, 0) is 0 Å². The van der Waals surface area contributed by atoms with Gasteiger partial charge in [0.15, 0.2) is 0 Å². The number of nitrogens with zero attached hydrogens (tertiary/aromatic N) is 1. The summed E-state index contributed by atoms with van der Waals surface area (Å²) in [4.78, 5) is 4.68. The van der Waals surface area contributed by atoms with Crippen LogP contribution in [0, 0.1) is 0 Å². The average molecular weight is 450 g/mol. The van der Waals surface area contributed by atoms with Crippen LogP contribution in [0.4, 0.5) is 0 Å². The Kier molecular flexibility index (Phi) is 16.9. The highest BCUT2D eigenvalue weighted by Gasteiger charge is 2.29. The van der Waals surface area contributed by atoms with E-state index in [1.54, 1.807) is 0 Å². The van der Waals surface area contributed by atoms with Crippen molar-refractivity contribution in [3.63, 3.8) is 0 Å². The molecule has 0 aromatic heterocycles. The molecule has 0 aromatic rings. The highest BCUT2D eigenvalue weighted by Crippen LogP contribution is 2.30. The van der Waals surface area contributed by atoms with Crippen LogP contribution in [0.25, 0.3) is 0 Å². The van der Waals surface area contributed by atoms with E-state index in [4.69, 9.17) is 0 Å². The van der Waals surface area contributed by atoms with Crippen LogP contribution in [0.5, 0.6) is 0 Å². The van der Waals surface area contributed by atoms with Crippen molar-refractivity contribution in [2.45, 2.75) is 136 Å². The second kappa shape index (κ2) is 17.2. The molecule has 1 nitrogen and oxygen atoms in total. The predicted octanol–water partition coefficient (Wildman–Crippen LogP) is 9.78. The number of rotatable bonds is 20. The molecule has 3 heteroatoms. The van der Waals surface area contributed by atoms with Crippen LogP contribution >= 0.6 is 0 Å². The maximum absolute atomic E-state index is 4.68. The lowest BCUT2D eigenvalue weighted by Gasteiger charge is -2.30. The molecule has 0 saturated heterocycles. The molecular weight excluding hydrogens is 394 g/mol. The molecule has 0 radical (unpaired) electrons. The number of unbranched alkanes of at least 4 members (excludes halogenated alkanes) is 7. The molecule has 0 saturated carbocycles. The lowest BCUT2D eigenvalue weighted by atomic mass is 10.1. The first-order valence-electron chi connectivity index (χ1n) is 13.1. The van der Waals surface area contributed by atoms with Crippen LogP contribution in [0.1, 0.15) is 99.3 Å². The Morgan fingerprint density at radius 1 is 0.633 bits per heavy atom. The third kappa shape index (κ3) is 10.7. The molecule has 0 heterocycles. The zero-order valence-electron chi connectivity index (χ0n) is 21.8. The molecule has 30 heavy (non-hydrogen) atoms. The van der Waals surface area contributed by atoms with Crippen molar-refractivity contribution in [3.05, 3.63) is 23.6 Å². The number of hydrogen-bond donors (Lipinski definition) is 0. The first-order valence-corrected chi connectivity index (χ1v) is 18.4. The molecule has 0 aliphatic carbocycles. The topological polar surface area (TPSA) is 12.4 Å². The van der Waals surface area contributed by atoms with Crippen LogP contribution in [0.2, 0.25) is 36.3 Å². The van der Waals surface area contributed by atoms with Gasteiger partial charge < -0.3 is 0 Å². The maximum atomic E-state index is 4.68. The monoisotopic (exact) mass is 449 g/mol. The van der Waals surface area contributed by atoms with Crippen molar-refractivity contribution < 1.29 is 0 Å². The Morgan fingerprint density at radius 3 is 1.47 bits per heavy atom. The summed E-state index contributed by atoms with van der Waals surface area (Å²) in [5.41, 5.74) is 0. The Hall–Kier alpha value is -0.416. The normalized spacial score (nSPS) is 12.6. The van der Waals surface area contributed by atoms with E-state index in [2.05, 4.69) is 65.9 Å². The van der Waals surface area contributed by atoms with Gasteiger partial charge in [-0.25, -0.2) is 0 Å². The van der Waals surface area contributed by atoms with Gasteiger partial charge in [0.25, 0.3) is 0 Å². The van der Waals surface area contributed by atoms with Gasteiger partial charge in [-0.2, -0.15) is 0 Å². The van der Waals surface area contributed by atoms with Gasteiger partial charge in [0, 0.05) is 6.54 Å². The molecule has 0 aliphatic heterocycles. The van der Waals surface area contributed by atoms with E-state index in [0.29, 0.717) is 0 Å². The molecule has 0 aromatic carbocycles. The third-order valence-electron chi connectivity index (χ3n) is 8.09. The summed E-state index contributed by atoms with van der Waals surface area (Å²) in [6.45, 7) is 23.7. The summed E-state index contributed by atoms with van der Waals surface area (Å²) in [6, 6.07) is 8.25. The van der Waals surface area contributed by atoms with Gasteiger partial charge >= 0.3 is 0 Å². The summed E-state index contributed by atoms with van der Waals surface area (Å²) in [6.07, 6.45) is 14.5. The van der Waals surface area contributed by atoms with Crippen molar-refractivity contribution in [1.29, 1.82) is 0 Å². The molecule has 0 aliphatic rings. The zero-order valence-corrected chi connectivity index (χ0v) is 23.8. The van der Waals surface area contributed by atoms with Crippen LogP contribution in [-0.4, -0.2) is 28.9 Å². The second-order valence-electron chi connectivity index (χ2n) is 9.74. The molecule has 0 bridgehead atoms. The van der Waals surface area contributed by atoms with Crippen LogP contribution in [0.15, 0.2) is 28.5 Å². The Morgan fingerprint density at radius 2 is 1.03 bits per heavy atom. The minimum Gasteiger partial charge on any atom is -0.298 e. The average Bonchev–Trinajstić information content (AvgIpc) is 2.74. The number of allylic oxidation sites excluding steroid dienone is 2. The largest absolute Gasteiger partial charge is 0.298 e. The van der Waals surface area contributed by atoms with Crippen LogP contribution < -0.4 is 0 Å². The maximum Gasteiger partial charge on any atom is 0.0802 e. The molecule has 0 amide bonds. The first-order chi connectivity index (χ1) is 14.3. The summed E-state index contributed by atoms with van der Waals surface area (Å²) >= 11 is 0. The van der Waals surface area contributed by atoms with Crippen molar-refractivity contribution in [1.82, 2.24) is 0 Å². The quantitative estimate of drug-likeness (QED) is 0.0995. The molecule has 176 valence electrons. The van der Waals surface area contributed by atoms with Crippen molar-refractivity contribution in [3.8, 4) is 0 Å². The van der Waals surface area contributed by atoms with Gasteiger partial charge in [0.2, 0.25) is 0 Å². The minimum absolute atomic E-state index is 1.03. The van der Waals surface area contributed by atoms with E-state index in [9.17, 15) is 0 Å². The first kappa shape index (κ1) is 29.6. The fraction of sp³-hybridized carbons (Fsp3) is 0.815. The molecule has 0 N–H and O–H groups in total. The van der Waals surface area contributed by atoms with E-state index in [-0.39, 0.29) is 0 Å². The smallest absolute Gasteiger partial charge is 0.0802 e. The Labute approximate surface area is 193 Å². The lowest BCUT2D eigenvalue weighted by Crippen LogP contribution is -2.33. The molecular formula is C27H55NSi2. The van der Waals surface area contributed by atoms with Gasteiger partial charge in [-0.1, -0.05) is 113 Å². The molecule has 0 spiro atoms. The van der Waals surface area contributed by atoms with Gasteiger partial charge in [-0.15, -0.1) is 13.2 Å². The van der Waals surface area contributed by atoms with E-state index < -0.39 is 16.1 Å². The van der Waals surface area contributed by atoms with Gasteiger partial charge in [-0.05, 0) is 38.9 Å². The molecule has 0 atom stereocenters. The van der Waals surface area contributed by atoms with Gasteiger partial charge in [0.1, 0.15) is 0 Å². The summed E-state index contributed by atoms with van der Waals surface area (Å²) < 4.78 is 0. The molecule has 0 rings (SSSR count). The number of aliphatic imine (C=N–C) groups is 1. The SMILES string of the molecule is C=C(C)[Si](CC)(CC)CCC=NCCCCCCCCCC[Si](CC)(CC)C(=C)C. The fourth-order valence-electron chi connectivity index (χ4n) is 5.09. The predicted molar refractivity (Wildman–Crippen MR) is 148 cm³/mol. The highest BCUT2D eigenvalue weighted by atomic mass is 28.3. The number of hydrogen-bond acceptors (Lipinski definition) is 1. The summed E-state index contributed by atoms with van der Waals surface area (Å²) in [7, 11) is -2.38. The van der Waals surface area contributed by atoms with Crippen molar-refractivity contribution in [2.75, 3.05) is 6.54 Å². The Bertz CT molecular complexity index is 487. The van der Waals surface area contributed by atoms with Crippen molar-refractivity contribution in [2.24, 2.45) is 4.99 Å². The summed E-state index contributed by atoms with van der Waals surface area (Å²) in [5, 5.41) is 3.01. The summed E-state index contributed by atoms with van der Waals surface area (Å²) in [5.74, 6) is 0. The third-order valence-corrected chi connectivity index (χ3v) is 19.7. The Balaban J connectivity index is 3.70. The van der Waals surface area contributed by atoms with Gasteiger partial charge in [0.05, 0.1) is 16.1 Å². The van der Waals surface area contributed by atoms with E-state index in [0.717, 1.165) is 13.0 Å². The molecule has 0 unspecified atom stereocenters. The lowest BCUT2D eigenvalue weighted by molar-refractivity contribution is 0.577.